The van der Waals surface area contributed by atoms with Crippen LogP contribution in [0.4, 0.5) is 10.5 Å². The molecule has 2 aromatic heterocycles. The molecular weight excluding hydrogens is 458 g/mol. The molecule has 0 radical (unpaired) electrons. The third kappa shape index (κ3) is 2.90. The quantitative estimate of drug-likeness (QED) is 0.397. The molecule has 0 saturated carbocycles. The summed E-state index contributed by atoms with van der Waals surface area (Å²) in [6, 6.07) is 13.7. The standard InChI is InChI=1S/C23H19N5O5S/c24-34(32,33)13-4-6-19-17(12-13)25-21-15-5-7-18(26-8-10-27(11-9-26)23(30)31)14-2-1-3-16(20(14)15)22(29)28(19)21/h1-7,12H,8-11H2,(H,30,31)(H2,24,32,33). The van der Waals surface area contributed by atoms with Crippen LogP contribution in [0.5, 0.6) is 0 Å². The summed E-state index contributed by atoms with van der Waals surface area (Å²) in [6.07, 6.45) is -0.924. The lowest BCUT2D eigenvalue weighted by Gasteiger charge is -2.35. The molecule has 0 bridgehead atoms. The topological polar surface area (TPSA) is 138 Å². The summed E-state index contributed by atoms with van der Waals surface area (Å²) in [5.41, 5.74) is 2.00. The lowest BCUT2D eigenvalue weighted by molar-refractivity contribution is 0.142. The van der Waals surface area contributed by atoms with Crippen LogP contribution in [0.15, 0.2) is 58.2 Å². The van der Waals surface area contributed by atoms with Crippen LogP contribution in [0.25, 0.3) is 38.2 Å². The van der Waals surface area contributed by atoms with E-state index in [2.05, 4.69) is 9.88 Å². The van der Waals surface area contributed by atoms with Gasteiger partial charge in [-0.05, 0) is 36.4 Å². The second-order valence-electron chi connectivity index (χ2n) is 8.39. The highest BCUT2D eigenvalue weighted by molar-refractivity contribution is 7.89. The van der Waals surface area contributed by atoms with Crippen molar-refractivity contribution in [1.29, 1.82) is 0 Å². The first kappa shape index (κ1) is 20.6. The molecule has 0 aliphatic carbocycles. The fourth-order valence-corrected chi connectivity index (χ4v) is 5.45. The van der Waals surface area contributed by atoms with Crippen LogP contribution in [0.3, 0.4) is 0 Å². The molecule has 0 spiro atoms. The number of primary sulfonamides is 1. The van der Waals surface area contributed by atoms with Crippen LogP contribution in [0.2, 0.25) is 0 Å². The number of nitrogens with zero attached hydrogens (tertiary/aromatic N) is 4. The zero-order valence-corrected chi connectivity index (χ0v) is 18.6. The molecule has 1 aliphatic rings. The van der Waals surface area contributed by atoms with E-state index >= 15 is 0 Å². The van der Waals surface area contributed by atoms with Gasteiger partial charge in [0.2, 0.25) is 10.0 Å². The highest BCUT2D eigenvalue weighted by Crippen LogP contribution is 2.36. The first-order valence-electron chi connectivity index (χ1n) is 10.6. The Hall–Kier alpha value is -3.96. The number of anilines is 1. The molecule has 1 amide bonds. The van der Waals surface area contributed by atoms with Gasteiger partial charge in [0.25, 0.3) is 5.56 Å². The number of rotatable bonds is 2. The molecule has 1 aliphatic heterocycles. The molecule has 3 aromatic carbocycles. The number of piperazine rings is 1. The summed E-state index contributed by atoms with van der Waals surface area (Å²) in [5.74, 6) is 0. The lowest BCUT2D eigenvalue weighted by Crippen LogP contribution is -2.48. The van der Waals surface area contributed by atoms with Gasteiger partial charge in [0.05, 0.1) is 15.9 Å². The fourth-order valence-electron chi connectivity index (χ4n) is 4.91. The van der Waals surface area contributed by atoms with Crippen molar-refractivity contribution in [2.24, 2.45) is 5.14 Å². The van der Waals surface area contributed by atoms with Gasteiger partial charge < -0.3 is 14.9 Å². The van der Waals surface area contributed by atoms with E-state index in [0.717, 1.165) is 21.8 Å². The summed E-state index contributed by atoms with van der Waals surface area (Å²) < 4.78 is 25.1. The first-order chi connectivity index (χ1) is 16.2. The number of carboxylic acid groups (broad SMARTS) is 1. The van der Waals surface area contributed by atoms with Gasteiger partial charge >= 0.3 is 6.09 Å². The molecule has 6 rings (SSSR count). The number of nitrogens with two attached hydrogens (primary N) is 1. The zero-order valence-electron chi connectivity index (χ0n) is 17.8. The van der Waals surface area contributed by atoms with E-state index in [9.17, 15) is 23.1 Å². The van der Waals surface area contributed by atoms with Crippen LogP contribution in [0.1, 0.15) is 0 Å². The first-order valence-corrected chi connectivity index (χ1v) is 12.2. The summed E-state index contributed by atoms with van der Waals surface area (Å²) in [5, 5.41) is 17.5. The van der Waals surface area contributed by atoms with Crippen molar-refractivity contribution in [2.45, 2.75) is 4.90 Å². The molecule has 1 fully saturated rings. The van der Waals surface area contributed by atoms with Crippen molar-refractivity contribution in [3.8, 4) is 0 Å². The number of imidazole rings is 1. The maximum atomic E-state index is 13.6. The number of aromatic nitrogens is 2. The zero-order chi connectivity index (χ0) is 23.8. The van der Waals surface area contributed by atoms with Crippen molar-refractivity contribution in [3.63, 3.8) is 0 Å². The average molecular weight is 478 g/mol. The van der Waals surface area contributed by atoms with Crippen LogP contribution in [-0.4, -0.2) is 60.1 Å². The highest BCUT2D eigenvalue weighted by atomic mass is 32.2. The number of hydrogen-bond donors (Lipinski definition) is 2. The van der Waals surface area contributed by atoms with Gasteiger partial charge in [-0.15, -0.1) is 0 Å². The minimum Gasteiger partial charge on any atom is -0.465 e. The predicted octanol–water partition coefficient (Wildman–Crippen LogP) is 2.04. The minimum atomic E-state index is -3.91. The van der Waals surface area contributed by atoms with E-state index in [1.54, 1.807) is 12.1 Å². The normalized spacial score (nSPS) is 15.2. The van der Waals surface area contributed by atoms with E-state index in [1.165, 1.54) is 21.4 Å². The van der Waals surface area contributed by atoms with Crippen molar-refractivity contribution in [2.75, 3.05) is 31.1 Å². The Morgan fingerprint density at radius 3 is 2.41 bits per heavy atom. The SMILES string of the molecule is NS(=O)(=O)c1ccc2c(c1)nc1c3ccc(N4CCN(C(=O)O)CC4)c4cccc(c(=O)n21)c43. The Labute approximate surface area is 192 Å². The van der Waals surface area contributed by atoms with Gasteiger partial charge in [-0.25, -0.2) is 23.3 Å². The molecule has 34 heavy (non-hydrogen) atoms. The third-order valence-electron chi connectivity index (χ3n) is 6.54. The number of amides is 1. The van der Waals surface area contributed by atoms with Crippen LogP contribution in [-0.2, 0) is 10.0 Å². The van der Waals surface area contributed by atoms with Crippen molar-refractivity contribution < 1.29 is 18.3 Å². The Bertz CT molecular complexity index is 1810. The van der Waals surface area contributed by atoms with Crippen LogP contribution < -0.4 is 15.6 Å². The molecule has 11 heteroatoms. The molecule has 172 valence electrons. The van der Waals surface area contributed by atoms with Crippen molar-refractivity contribution >= 4 is 60.0 Å². The Morgan fingerprint density at radius 2 is 1.71 bits per heavy atom. The largest absolute Gasteiger partial charge is 0.465 e. The maximum Gasteiger partial charge on any atom is 0.407 e. The molecular formula is C23H19N5O5S. The molecule has 5 aromatic rings. The number of pyridine rings is 1. The summed E-state index contributed by atoms with van der Waals surface area (Å²) in [4.78, 5) is 32.9. The minimum absolute atomic E-state index is 0.0681. The van der Waals surface area contributed by atoms with E-state index in [1.807, 2.05) is 24.3 Å². The second-order valence-corrected chi connectivity index (χ2v) is 9.95. The lowest BCUT2D eigenvalue weighted by atomic mass is 10.00. The Morgan fingerprint density at radius 1 is 0.971 bits per heavy atom. The van der Waals surface area contributed by atoms with Crippen LogP contribution in [0, 0.1) is 0 Å². The smallest absolute Gasteiger partial charge is 0.407 e. The Balaban J connectivity index is 1.61. The van der Waals surface area contributed by atoms with Gasteiger partial charge in [0.1, 0.15) is 5.65 Å². The maximum absolute atomic E-state index is 13.6. The van der Waals surface area contributed by atoms with Crippen molar-refractivity contribution in [1.82, 2.24) is 14.3 Å². The Kier molecular flexibility index (Phi) is 4.26. The average Bonchev–Trinajstić information content (AvgIpc) is 3.21. The van der Waals surface area contributed by atoms with Gasteiger partial charge in [-0.1, -0.05) is 12.1 Å². The molecule has 0 atom stereocenters. The molecule has 10 nitrogen and oxygen atoms in total. The van der Waals surface area contributed by atoms with Gasteiger partial charge in [0, 0.05) is 53.4 Å². The number of sulfonamides is 1. The van der Waals surface area contributed by atoms with E-state index in [4.69, 9.17) is 5.14 Å². The summed E-state index contributed by atoms with van der Waals surface area (Å²) in [7, 11) is -3.91. The van der Waals surface area contributed by atoms with Gasteiger partial charge in [-0.3, -0.25) is 9.20 Å². The number of hydrogen-bond acceptors (Lipinski definition) is 6. The molecule has 3 N–H and O–H groups in total. The third-order valence-corrected chi connectivity index (χ3v) is 7.45. The van der Waals surface area contributed by atoms with E-state index < -0.39 is 16.1 Å². The fraction of sp³-hybridized carbons (Fsp3) is 0.174. The monoisotopic (exact) mass is 477 g/mol. The highest BCUT2D eigenvalue weighted by Gasteiger charge is 2.24. The molecule has 0 unspecified atom stereocenters. The van der Waals surface area contributed by atoms with E-state index in [-0.39, 0.29) is 10.5 Å². The van der Waals surface area contributed by atoms with E-state index in [0.29, 0.717) is 48.2 Å². The molecule has 3 heterocycles. The number of benzene rings is 3. The second kappa shape index (κ2) is 7.02. The predicted molar refractivity (Wildman–Crippen MR) is 128 cm³/mol. The summed E-state index contributed by atoms with van der Waals surface area (Å²) in [6.45, 7) is 1.90. The summed E-state index contributed by atoms with van der Waals surface area (Å²) >= 11 is 0. The van der Waals surface area contributed by atoms with Crippen LogP contribution >= 0.6 is 0 Å². The van der Waals surface area contributed by atoms with Gasteiger partial charge in [0.15, 0.2) is 0 Å². The van der Waals surface area contributed by atoms with Crippen molar-refractivity contribution in [3.05, 3.63) is 58.9 Å². The number of fused-ring (bicyclic) bond motifs is 4. The van der Waals surface area contributed by atoms with Gasteiger partial charge in [-0.2, -0.15) is 0 Å². The molecule has 1 saturated heterocycles. The number of carbonyl (C=O) groups is 1.